The fraction of sp³-hybridized carbons (Fsp3) is 0.294. The van der Waals surface area contributed by atoms with E-state index in [2.05, 4.69) is 10.1 Å². The number of hydrogen-bond donors (Lipinski definition) is 2. The van der Waals surface area contributed by atoms with Crippen LogP contribution in [-0.4, -0.2) is 30.3 Å². The van der Waals surface area contributed by atoms with Gasteiger partial charge in [0.1, 0.15) is 0 Å². The number of carbonyl (C=O) groups is 2. The maximum Gasteiger partial charge on any atom is 0.441 e. The number of anilines is 1. The molecule has 1 heterocycles. The summed E-state index contributed by atoms with van der Waals surface area (Å²) in [6, 6.07) is 8.44. The fourth-order valence-corrected chi connectivity index (χ4v) is 2.21. The Kier molecular flexibility index (Phi) is 5.59. The highest BCUT2D eigenvalue weighted by molar-refractivity contribution is 5.97. The molecule has 0 bridgehead atoms. The minimum Gasteiger partial charge on any atom is -0.463 e. The van der Waals surface area contributed by atoms with Crippen molar-refractivity contribution in [2.75, 3.05) is 11.9 Å². The van der Waals surface area contributed by atoms with Crippen molar-refractivity contribution in [1.82, 2.24) is 5.32 Å². The number of ether oxygens (including phenoxy) is 1. The average molecular weight is 370 g/mol. The highest BCUT2D eigenvalue weighted by atomic mass is 19.4. The maximum atomic E-state index is 13.9. The molecule has 9 heteroatoms. The van der Waals surface area contributed by atoms with Crippen molar-refractivity contribution in [3.05, 3.63) is 54.0 Å². The van der Waals surface area contributed by atoms with Crippen LogP contribution in [0.15, 0.2) is 47.1 Å². The van der Waals surface area contributed by atoms with E-state index in [1.807, 2.05) is 0 Å². The maximum absolute atomic E-state index is 13.9. The first-order chi connectivity index (χ1) is 12.2. The summed E-state index contributed by atoms with van der Waals surface area (Å²) in [6.45, 7) is 2.73. The lowest BCUT2D eigenvalue weighted by Crippen LogP contribution is -2.69. The smallest absolute Gasteiger partial charge is 0.441 e. The second-order valence-corrected chi connectivity index (χ2v) is 5.39. The van der Waals surface area contributed by atoms with Gasteiger partial charge < -0.3 is 19.8 Å². The van der Waals surface area contributed by atoms with Gasteiger partial charge in [0.05, 0.1) is 12.9 Å². The van der Waals surface area contributed by atoms with Gasteiger partial charge in [0, 0.05) is 5.69 Å². The minimum atomic E-state index is -5.20. The van der Waals surface area contributed by atoms with Crippen LogP contribution in [0.1, 0.15) is 23.0 Å². The van der Waals surface area contributed by atoms with Crippen molar-refractivity contribution in [3.8, 4) is 0 Å². The summed E-state index contributed by atoms with van der Waals surface area (Å²) < 4.78 is 51.2. The summed E-state index contributed by atoms with van der Waals surface area (Å²) >= 11 is 0. The molecular weight excluding hydrogens is 353 g/mol. The van der Waals surface area contributed by atoms with Crippen LogP contribution >= 0.6 is 0 Å². The lowest BCUT2D eigenvalue weighted by atomic mass is 10.1. The molecular formula is C17H17F3N2O4. The third kappa shape index (κ3) is 3.98. The molecule has 1 aromatic heterocycles. The normalized spacial score (nSPS) is 13.6. The zero-order valence-corrected chi connectivity index (χ0v) is 14.0. The van der Waals surface area contributed by atoms with Crippen LogP contribution in [0, 0.1) is 6.92 Å². The Morgan fingerprint density at radius 2 is 1.92 bits per heavy atom. The van der Waals surface area contributed by atoms with E-state index in [9.17, 15) is 22.8 Å². The van der Waals surface area contributed by atoms with Crippen LogP contribution in [0.4, 0.5) is 18.9 Å². The Balaban J connectivity index is 2.49. The standard InChI is InChI=1S/C17H17F3N2O4/c1-3-25-15(24)16(17(18,19)20,21-12-7-4-6-11(2)10-12)22-14(23)13-8-5-9-26-13/h4-10,21H,3H2,1-2H3,(H,22,23)/t16-/m1/s1. The number of aryl methyl sites for hydroxylation is 1. The third-order valence-corrected chi connectivity index (χ3v) is 3.40. The molecule has 1 atom stereocenters. The summed E-state index contributed by atoms with van der Waals surface area (Å²) in [5.74, 6) is -3.29. The first-order valence-electron chi connectivity index (χ1n) is 7.64. The van der Waals surface area contributed by atoms with Crippen molar-refractivity contribution in [2.45, 2.75) is 25.7 Å². The van der Waals surface area contributed by atoms with Crippen molar-refractivity contribution < 1.29 is 31.9 Å². The Morgan fingerprint density at radius 3 is 2.46 bits per heavy atom. The van der Waals surface area contributed by atoms with Crippen LogP contribution in [0.3, 0.4) is 0 Å². The summed E-state index contributed by atoms with van der Waals surface area (Å²) in [7, 11) is 0. The first kappa shape index (κ1) is 19.4. The van der Waals surface area contributed by atoms with Gasteiger partial charge in [-0.25, -0.2) is 4.79 Å². The number of carbonyl (C=O) groups excluding carboxylic acids is 2. The van der Waals surface area contributed by atoms with Gasteiger partial charge in [0.2, 0.25) is 0 Å². The number of furan rings is 1. The zero-order valence-electron chi connectivity index (χ0n) is 14.0. The second-order valence-electron chi connectivity index (χ2n) is 5.39. The summed E-state index contributed by atoms with van der Waals surface area (Å²) in [5, 5.41) is 3.76. The van der Waals surface area contributed by atoms with Crippen LogP contribution in [-0.2, 0) is 9.53 Å². The molecule has 0 radical (unpaired) electrons. The zero-order chi connectivity index (χ0) is 19.4. The number of amides is 1. The van der Waals surface area contributed by atoms with Gasteiger partial charge in [-0.2, -0.15) is 13.2 Å². The van der Waals surface area contributed by atoms with Crippen molar-refractivity contribution in [2.24, 2.45) is 0 Å². The molecule has 1 amide bonds. The molecule has 2 aromatic rings. The molecule has 0 aliphatic carbocycles. The summed E-state index contributed by atoms with van der Waals surface area (Å²) in [4.78, 5) is 24.4. The van der Waals surface area contributed by atoms with Crippen molar-refractivity contribution >= 4 is 17.6 Å². The minimum absolute atomic E-state index is 0.0184. The number of esters is 1. The molecule has 0 saturated carbocycles. The van der Waals surface area contributed by atoms with E-state index in [4.69, 9.17) is 4.42 Å². The lowest BCUT2D eigenvalue weighted by Gasteiger charge is -2.35. The molecule has 0 aliphatic heterocycles. The molecule has 0 unspecified atom stereocenters. The van der Waals surface area contributed by atoms with Crippen LogP contribution < -0.4 is 10.6 Å². The molecule has 2 rings (SSSR count). The second kappa shape index (κ2) is 7.51. The number of hydrogen-bond acceptors (Lipinski definition) is 5. The summed E-state index contributed by atoms with van der Waals surface area (Å²) in [5.41, 5.74) is -2.84. The largest absolute Gasteiger partial charge is 0.463 e. The summed E-state index contributed by atoms with van der Waals surface area (Å²) in [6.07, 6.45) is -4.08. The quantitative estimate of drug-likeness (QED) is 0.603. The average Bonchev–Trinajstić information content (AvgIpc) is 3.07. The van der Waals surface area contributed by atoms with E-state index < -0.39 is 23.7 Å². The number of alkyl halides is 3. The Morgan fingerprint density at radius 1 is 1.19 bits per heavy atom. The van der Waals surface area contributed by atoms with Gasteiger partial charge in [0.15, 0.2) is 5.76 Å². The van der Waals surface area contributed by atoms with E-state index in [0.29, 0.717) is 5.56 Å². The van der Waals surface area contributed by atoms with Crippen LogP contribution in [0.25, 0.3) is 0 Å². The van der Waals surface area contributed by atoms with Crippen molar-refractivity contribution in [1.29, 1.82) is 0 Å². The highest BCUT2D eigenvalue weighted by Crippen LogP contribution is 2.33. The predicted molar refractivity (Wildman–Crippen MR) is 86.4 cm³/mol. The van der Waals surface area contributed by atoms with Gasteiger partial charge in [-0.15, -0.1) is 0 Å². The molecule has 1 aromatic carbocycles. The van der Waals surface area contributed by atoms with Gasteiger partial charge in [0.25, 0.3) is 5.91 Å². The Hall–Kier alpha value is -2.97. The van der Waals surface area contributed by atoms with Gasteiger partial charge >= 0.3 is 17.8 Å². The predicted octanol–water partition coefficient (Wildman–Crippen LogP) is 3.25. The molecule has 2 N–H and O–H groups in total. The van der Waals surface area contributed by atoms with E-state index in [1.54, 1.807) is 18.3 Å². The number of nitrogens with one attached hydrogen (secondary N) is 2. The van der Waals surface area contributed by atoms with Gasteiger partial charge in [-0.1, -0.05) is 12.1 Å². The highest BCUT2D eigenvalue weighted by Gasteiger charge is 2.63. The molecule has 6 nitrogen and oxygen atoms in total. The van der Waals surface area contributed by atoms with E-state index >= 15 is 0 Å². The molecule has 140 valence electrons. The van der Waals surface area contributed by atoms with E-state index in [-0.39, 0.29) is 18.1 Å². The SMILES string of the molecule is CCOC(=O)[C@](NC(=O)c1ccco1)(Nc1cccc(C)c1)C(F)(F)F. The molecule has 0 fully saturated rings. The van der Waals surface area contributed by atoms with Crippen molar-refractivity contribution in [3.63, 3.8) is 0 Å². The molecule has 26 heavy (non-hydrogen) atoms. The van der Waals surface area contributed by atoms with Gasteiger partial charge in [-0.3, -0.25) is 4.79 Å². The molecule has 0 spiro atoms. The van der Waals surface area contributed by atoms with E-state index in [0.717, 1.165) is 6.26 Å². The van der Waals surface area contributed by atoms with Crippen LogP contribution in [0.5, 0.6) is 0 Å². The Bertz CT molecular complexity index is 775. The number of halogens is 3. The lowest BCUT2D eigenvalue weighted by molar-refractivity contribution is -0.204. The third-order valence-electron chi connectivity index (χ3n) is 3.40. The first-order valence-corrected chi connectivity index (χ1v) is 7.64. The Labute approximate surface area is 147 Å². The number of benzene rings is 1. The van der Waals surface area contributed by atoms with Crippen LogP contribution in [0.2, 0.25) is 0 Å². The number of rotatable bonds is 6. The molecule has 0 aliphatic rings. The fourth-order valence-electron chi connectivity index (χ4n) is 2.21. The molecule has 0 saturated heterocycles. The monoisotopic (exact) mass is 370 g/mol. The van der Waals surface area contributed by atoms with Gasteiger partial charge in [-0.05, 0) is 43.7 Å². The van der Waals surface area contributed by atoms with E-state index in [1.165, 1.54) is 37.3 Å². The topological polar surface area (TPSA) is 80.6 Å².